The largest absolute Gasteiger partial charge is 0.320 e. The molecule has 1 aromatic rings. The summed E-state index contributed by atoms with van der Waals surface area (Å²) in [6, 6.07) is 2.02. The number of aromatic nitrogens is 1. The van der Waals surface area contributed by atoms with Gasteiger partial charge in [-0.25, -0.2) is 0 Å². The van der Waals surface area contributed by atoms with E-state index in [0.717, 1.165) is 19.5 Å². The van der Waals surface area contributed by atoms with Crippen LogP contribution in [0, 0.1) is 6.92 Å². The second-order valence-corrected chi connectivity index (χ2v) is 3.77. The van der Waals surface area contributed by atoms with Gasteiger partial charge >= 0.3 is 0 Å². The summed E-state index contributed by atoms with van der Waals surface area (Å²) in [4.78, 5) is 4.13. The Morgan fingerprint density at radius 2 is 2.46 bits per heavy atom. The zero-order valence-corrected chi connectivity index (χ0v) is 7.88. The fourth-order valence-electron chi connectivity index (χ4n) is 1.93. The Hall–Kier alpha value is -0.930. The van der Waals surface area contributed by atoms with Crippen LogP contribution in [0.4, 0.5) is 0 Å². The number of pyridine rings is 1. The standard InChI is InChI=1S/C10H15N3/c1-8-2-4-12-6-9(8)10(11)3-5-13-7-10/h2,4,6,13H,3,5,7,11H2,1H3. The van der Waals surface area contributed by atoms with Crippen molar-refractivity contribution in [1.82, 2.24) is 10.3 Å². The third kappa shape index (κ3) is 1.45. The predicted octanol–water partition coefficient (Wildman–Crippen LogP) is 0.537. The van der Waals surface area contributed by atoms with E-state index in [1.54, 1.807) is 0 Å². The lowest BCUT2D eigenvalue weighted by molar-refractivity contribution is 0.489. The molecule has 70 valence electrons. The zero-order valence-electron chi connectivity index (χ0n) is 7.88. The molecule has 0 aromatic carbocycles. The normalized spacial score (nSPS) is 27.8. The molecule has 1 fully saturated rings. The number of hydrogen-bond acceptors (Lipinski definition) is 3. The Morgan fingerprint density at radius 1 is 1.62 bits per heavy atom. The van der Waals surface area contributed by atoms with Crippen LogP contribution in [0.5, 0.6) is 0 Å². The molecule has 1 aliphatic rings. The number of aryl methyl sites for hydroxylation is 1. The van der Waals surface area contributed by atoms with Gasteiger partial charge in [-0.15, -0.1) is 0 Å². The zero-order chi connectivity index (χ0) is 9.31. The van der Waals surface area contributed by atoms with Crippen molar-refractivity contribution in [3.8, 4) is 0 Å². The third-order valence-electron chi connectivity index (χ3n) is 2.76. The summed E-state index contributed by atoms with van der Waals surface area (Å²) < 4.78 is 0. The van der Waals surface area contributed by atoms with Crippen LogP contribution in [0.2, 0.25) is 0 Å². The molecule has 3 nitrogen and oxygen atoms in total. The predicted molar refractivity (Wildman–Crippen MR) is 52.3 cm³/mol. The van der Waals surface area contributed by atoms with Gasteiger partial charge in [0.15, 0.2) is 0 Å². The molecule has 1 unspecified atom stereocenters. The topological polar surface area (TPSA) is 50.9 Å². The molecule has 0 bridgehead atoms. The second-order valence-electron chi connectivity index (χ2n) is 3.77. The highest BCUT2D eigenvalue weighted by atomic mass is 15.0. The molecule has 1 aromatic heterocycles. The second kappa shape index (κ2) is 3.09. The molecule has 13 heavy (non-hydrogen) atoms. The average Bonchev–Trinajstić information content (AvgIpc) is 2.54. The molecule has 1 atom stereocenters. The maximum absolute atomic E-state index is 6.28. The first kappa shape index (κ1) is 8.66. The molecule has 0 aliphatic carbocycles. The van der Waals surface area contributed by atoms with E-state index in [1.165, 1.54) is 11.1 Å². The molecule has 0 radical (unpaired) electrons. The van der Waals surface area contributed by atoms with Gasteiger partial charge in [-0.2, -0.15) is 0 Å². The monoisotopic (exact) mass is 177 g/mol. The van der Waals surface area contributed by atoms with Crippen molar-refractivity contribution in [2.24, 2.45) is 5.73 Å². The van der Waals surface area contributed by atoms with E-state index in [2.05, 4.69) is 17.2 Å². The molecule has 3 heteroatoms. The molecule has 2 heterocycles. The number of hydrogen-bond donors (Lipinski definition) is 2. The molecule has 2 rings (SSSR count). The minimum atomic E-state index is -0.196. The summed E-state index contributed by atoms with van der Waals surface area (Å²) in [5, 5.41) is 3.29. The Kier molecular flexibility index (Phi) is 2.06. The van der Waals surface area contributed by atoms with Gasteiger partial charge in [0.25, 0.3) is 0 Å². The molecular weight excluding hydrogens is 162 g/mol. The van der Waals surface area contributed by atoms with Gasteiger partial charge in [-0.1, -0.05) is 0 Å². The highest BCUT2D eigenvalue weighted by Gasteiger charge is 2.32. The van der Waals surface area contributed by atoms with Gasteiger partial charge < -0.3 is 11.1 Å². The van der Waals surface area contributed by atoms with Crippen LogP contribution in [-0.2, 0) is 5.54 Å². The summed E-state index contributed by atoms with van der Waals surface area (Å²) in [7, 11) is 0. The molecule has 1 aliphatic heterocycles. The van der Waals surface area contributed by atoms with Crippen molar-refractivity contribution in [3.63, 3.8) is 0 Å². The van der Waals surface area contributed by atoms with Crippen LogP contribution >= 0.6 is 0 Å². The Labute approximate surface area is 78.4 Å². The fourth-order valence-corrected chi connectivity index (χ4v) is 1.93. The fraction of sp³-hybridized carbons (Fsp3) is 0.500. The number of nitrogens with zero attached hydrogens (tertiary/aromatic N) is 1. The summed E-state index contributed by atoms with van der Waals surface area (Å²) in [5.74, 6) is 0. The van der Waals surface area contributed by atoms with E-state index >= 15 is 0 Å². The maximum Gasteiger partial charge on any atom is 0.0566 e. The SMILES string of the molecule is Cc1ccncc1C1(N)CCNC1. The van der Waals surface area contributed by atoms with Crippen LogP contribution in [0.3, 0.4) is 0 Å². The minimum absolute atomic E-state index is 0.196. The van der Waals surface area contributed by atoms with Crippen LogP contribution in [0.15, 0.2) is 18.5 Å². The summed E-state index contributed by atoms with van der Waals surface area (Å²) >= 11 is 0. The first-order valence-electron chi connectivity index (χ1n) is 4.63. The summed E-state index contributed by atoms with van der Waals surface area (Å²) in [5.41, 5.74) is 8.50. The molecule has 0 saturated carbocycles. The van der Waals surface area contributed by atoms with E-state index in [0.29, 0.717) is 0 Å². The van der Waals surface area contributed by atoms with Crippen molar-refractivity contribution < 1.29 is 0 Å². The summed E-state index contributed by atoms with van der Waals surface area (Å²) in [6.45, 7) is 3.95. The minimum Gasteiger partial charge on any atom is -0.320 e. The van der Waals surface area contributed by atoms with Gasteiger partial charge in [0, 0.05) is 18.9 Å². The molecule has 0 amide bonds. The van der Waals surface area contributed by atoms with Crippen LogP contribution in [0.1, 0.15) is 17.5 Å². The third-order valence-corrected chi connectivity index (χ3v) is 2.76. The van der Waals surface area contributed by atoms with E-state index < -0.39 is 0 Å². The lowest BCUT2D eigenvalue weighted by Gasteiger charge is -2.24. The van der Waals surface area contributed by atoms with Crippen molar-refractivity contribution in [1.29, 1.82) is 0 Å². The van der Waals surface area contributed by atoms with E-state index in [-0.39, 0.29) is 5.54 Å². The number of nitrogens with one attached hydrogen (secondary N) is 1. The number of rotatable bonds is 1. The quantitative estimate of drug-likeness (QED) is 0.658. The molecule has 0 spiro atoms. The first-order chi connectivity index (χ1) is 6.22. The van der Waals surface area contributed by atoms with E-state index in [4.69, 9.17) is 5.73 Å². The summed E-state index contributed by atoms with van der Waals surface area (Å²) in [6.07, 6.45) is 4.70. The van der Waals surface area contributed by atoms with Crippen LogP contribution < -0.4 is 11.1 Å². The maximum atomic E-state index is 6.28. The van der Waals surface area contributed by atoms with Crippen LogP contribution in [0.25, 0.3) is 0 Å². The van der Waals surface area contributed by atoms with Crippen molar-refractivity contribution >= 4 is 0 Å². The lowest BCUT2D eigenvalue weighted by atomic mass is 9.88. The van der Waals surface area contributed by atoms with Gasteiger partial charge in [0.1, 0.15) is 0 Å². The van der Waals surface area contributed by atoms with Crippen molar-refractivity contribution in [3.05, 3.63) is 29.6 Å². The lowest BCUT2D eigenvalue weighted by Crippen LogP contribution is -2.39. The average molecular weight is 177 g/mol. The van der Waals surface area contributed by atoms with Crippen molar-refractivity contribution in [2.45, 2.75) is 18.9 Å². The van der Waals surface area contributed by atoms with Crippen LogP contribution in [-0.4, -0.2) is 18.1 Å². The molecule has 1 saturated heterocycles. The molecular formula is C10H15N3. The highest BCUT2D eigenvalue weighted by Crippen LogP contribution is 2.26. The van der Waals surface area contributed by atoms with Gasteiger partial charge in [0.2, 0.25) is 0 Å². The smallest absolute Gasteiger partial charge is 0.0566 e. The van der Waals surface area contributed by atoms with E-state index in [9.17, 15) is 0 Å². The Bertz CT molecular complexity index is 303. The van der Waals surface area contributed by atoms with Gasteiger partial charge in [-0.05, 0) is 37.1 Å². The number of nitrogens with two attached hydrogens (primary N) is 1. The Balaban J connectivity index is 2.39. The van der Waals surface area contributed by atoms with Crippen molar-refractivity contribution in [2.75, 3.05) is 13.1 Å². The highest BCUT2D eigenvalue weighted by molar-refractivity contribution is 5.30. The van der Waals surface area contributed by atoms with Gasteiger partial charge in [-0.3, -0.25) is 4.98 Å². The van der Waals surface area contributed by atoms with Gasteiger partial charge in [0.05, 0.1) is 5.54 Å². The first-order valence-corrected chi connectivity index (χ1v) is 4.63. The van der Waals surface area contributed by atoms with E-state index in [1.807, 2.05) is 18.5 Å². The molecule has 3 N–H and O–H groups in total. The Morgan fingerprint density at radius 3 is 3.08 bits per heavy atom.